The van der Waals surface area contributed by atoms with Crippen molar-refractivity contribution in [2.45, 2.75) is 26.2 Å². The van der Waals surface area contributed by atoms with Crippen molar-refractivity contribution >= 4 is 29.0 Å². The van der Waals surface area contributed by atoms with E-state index in [2.05, 4.69) is 20.8 Å². The first-order valence-electron chi connectivity index (χ1n) is 6.40. The molecule has 0 spiro atoms. The Morgan fingerprint density at radius 2 is 1.60 bits per heavy atom. The number of hydrogen-bond donors (Lipinski definition) is 0. The SMILES string of the molecule is CC(C)(C)c1ccccc1C(=O)c1ccc(Cl)c(Cl)c1. The molecule has 2 rings (SSSR count). The molecule has 2 aromatic carbocycles. The normalized spacial score (nSPS) is 11.4. The number of carbonyl (C=O) groups is 1. The van der Waals surface area contributed by atoms with E-state index < -0.39 is 0 Å². The predicted octanol–water partition coefficient (Wildman–Crippen LogP) is 5.52. The van der Waals surface area contributed by atoms with Gasteiger partial charge in [-0.05, 0) is 29.2 Å². The van der Waals surface area contributed by atoms with Gasteiger partial charge in [0.2, 0.25) is 0 Å². The fourth-order valence-electron chi connectivity index (χ4n) is 2.13. The molecule has 0 radical (unpaired) electrons. The summed E-state index contributed by atoms with van der Waals surface area (Å²) in [7, 11) is 0. The third-order valence-corrected chi connectivity index (χ3v) is 3.90. The Morgan fingerprint density at radius 3 is 2.20 bits per heavy atom. The number of benzene rings is 2. The summed E-state index contributed by atoms with van der Waals surface area (Å²) in [5, 5.41) is 0.845. The lowest BCUT2D eigenvalue weighted by Gasteiger charge is -2.22. The first-order valence-corrected chi connectivity index (χ1v) is 7.15. The van der Waals surface area contributed by atoms with Crippen LogP contribution in [0, 0.1) is 0 Å². The van der Waals surface area contributed by atoms with Gasteiger partial charge in [-0.1, -0.05) is 68.2 Å². The highest BCUT2D eigenvalue weighted by Crippen LogP contribution is 2.29. The second kappa shape index (κ2) is 5.59. The average Bonchev–Trinajstić information content (AvgIpc) is 2.40. The summed E-state index contributed by atoms with van der Waals surface area (Å²) in [6.07, 6.45) is 0. The van der Waals surface area contributed by atoms with Gasteiger partial charge < -0.3 is 0 Å². The lowest BCUT2D eigenvalue weighted by molar-refractivity contribution is 0.103. The fourth-order valence-corrected chi connectivity index (χ4v) is 2.43. The van der Waals surface area contributed by atoms with Crippen LogP contribution in [0.15, 0.2) is 42.5 Å². The largest absolute Gasteiger partial charge is 0.289 e. The zero-order chi connectivity index (χ0) is 14.9. The van der Waals surface area contributed by atoms with E-state index in [1.54, 1.807) is 18.2 Å². The minimum atomic E-state index is -0.0948. The molecule has 2 aromatic rings. The second-order valence-corrected chi connectivity index (χ2v) is 6.57. The highest BCUT2D eigenvalue weighted by atomic mass is 35.5. The molecule has 104 valence electrons. The third-order valence-electron chi connectivity index (χ3n) is 3.16. The molecule has 0 amide bonds. The van der Waals surface area contributed by atoms with Crippen LogP contribution in [0.2, 0.25) is 10.0 Å². The van der Waals surface area contributed by atoms with Crippen molar-refractivity contribution in [2.24, 2.45) is 0 Å². The molecule has 0 saturated carbocycles. The highest BCUT2D eigenvalue weighted by Gasteiger charge is 2.22. The smallest absolute Gasteiger partial charge is 0.193 e. The summed E-state index contributed by atoms with van der Waals surface area (Å²) in [6, 6.07) is 12.6. The van der Waals surface area contributed by atoms with E-state index in [0.29, 0.717) is 21.2 Å². The number of halogens is 2. The van der Waals surface area contributed by atoms with E-state index in [9.17, 15) is 4.79 Å². The summed E-state index contributed by atoms with van der Waals surface area (Å²) < 4.78 is 0. The standard InChI is InChI=1S/C17H16Cl2O/c1-17(2,3)13-7-5-4-6-12(13)16(20)11-8-9-14(18)15(19)10-11/h4-10H,1-3H3. The molecule has 0 fully saturated rings. The van der Waals surface area contributed by atoms with Crippen LogP contribution >= 0.6 is 23.2 Å². The molecular weight excluding hydrogens is 291 g/mol. The monoisotopic (exact) mass is 306 g/mol. The van der Waals surface area contributed by atoms with Gasteiger partial charge >= 0.3 is 0 Å². The fraction of sp³-hybridized carbons (Fsp3) is 0.235. The van der Waals surface area contributed by atoms with Gasteiger partial charge in [0.1, 0.15) is 0 Å². The van der Waals surface area contributed by atoms with Gasteiger partial charge in [-0.15, -0.1) is 0 Å². The summed E-state index contributed by atoms with van der Waals surface area (Å²) in [4.78, 5) is 12.7. The van der Waals surface area contributed by atoms with E-state index in [0.717, 1.165) is 5.56 Å². The van der Waals surface area contributed by atoms with Crippen molar-refractivity contribution in [1.29, 1.82) is 0 Å². The summed E-state index contributed by atoms with van der Waals surface area (Å²) in [6.45, 7) is 6.27. The van der Waals surface area contributed by atoms with E-state index in [-0.39, 0.29) is 11.2 Å². The van der Waals surface area contributed by atoms with E-state index >= 15 is 0 Å². The van der Waals surface area contributed by atoms with Gasteiger partial charge in [-0.25, -0.2) is 0 Å². The number of ketones is 1. The molecule has 20 heavy (non-hydrogen) atoms. The lowest BCUT2D eigenvalue weighted by atomic mass is 9.82. The molecule has 3 heteroatoms. The number of rotatable bonds is 2. The molecule has 0 atom stereocenters. The Kier molecular flexibility index (Phi) is 4.22. The molecule has 0 bridgehead atoms. The first-order chi connectivity index (χ1) is 9.30. The maximum Gasteiger partial charge on any atom is 0.193 e. The number of hydrogen-bond acceptors (Lipinski definition) is 1. The van der Waals surface area contributed by atoms with Crippen LogP contribution in [0.25, 0.3) is 0 Å². The maximum absolute atomic E-state index is 12.7. The van der Waals surface area contributed by atoms with Crippen LogP contribution in [0.1, 0.15) is 42.3 Å². The Morgan fingerprint density at radius 1 is 0.950 bits per heavy atom. The molecule has 0 unspecified atom stereocenters. The molecule has 0 heterocycles. The summed E-state index contributed by atoms with van der Waals surface area (Å²) in [5.41, 5.74) is 2.19. The number of carbonyl (C=O) groups excluding carboxylic acids is 1. The van der Waals surface area contributed by atoms with Gasteiger partial charge in [0.15, 0.2) is 5.78 Å². The molecule has 0 N–H and O–H groups in total. The zero-order valence-electron chi connectivity index (χ0n) is 11.7. The van der Waals surface area contributed by atoms with Gasteiger partial charge in [0, 0.05) is 11.1 Å². The van der Waals surface area contributed by atoms with Gasteiger partial charge in [-0.3, -0.25) is 4.79 Å². The van der Waals surface area contributed by atoms with Gasteiger partial charge in [0.25, 0.3) is 0 Å². The minimum Gasteiger partial charge on any atom is -0.289 e. The van der Waals surface area contributed by atoms with Crippen LogP contribution in [0.5, 0.6) is 0 Å². The maximum atomic E-state index is 12.7. The Balaban J connectivity index is 2.51. The highest BCUT2D eigenvalue weighted by molar-refractivity contribution is 6.42. The van der Waals surface area contributed by atoms with E-state index in [1.165, 1.54) is 0 Å². The molecule has 1 nitrogen and oxygen atoms in total. The molecule has 0 aliphatic rings. The summed E-state index contributed by atoms with van der Waals surface area (Å²) >= 11 is 11.9. The quantitative estimate of drug-likeness (QED) is 0.667. The Labute approximate surface area is 129 Å². The van der Waals surface area contributed by atoms with Gasteiger partial charge in [0.05, 0.1) is 10.0 Å². The van der Waals surface area contributed by atoms with Gasteiger partial charge in [-0.2, -0.15) is 0 Å². The van der Waals surface area contributed by atoms with Crippen LogP contribution in [0.4, 0.5) is 0 Å². The van der Waals surface area contributed by atoms with Crippen LogP contribution in [-0.4, -0.2) is 5.78 Å². The van der Waals surface area contributed by atoms with Crippen molar-refractivity contribution in [3.63, 3.8) is 0 Å². The molecule has 0 saturated heterocycles. The lowest BCUT2D eigenvalue weighted by Crippen LogP contribution is -2.17. The average molecular weight is 307 g/mol. The van der Waals surface area contributed by atoms with Crippen molar-refractivity contribution < 1.29 is 4.79 Å². The van der Waals surface area contributed by atoms with Crippen molar-refractivity contribution in [2.75, 3.05) is 0 Å². The molecular formula is C17H16Cl2O. The van der Waals surface area contributed by atoms with Crippen LogP contribution < -0.4 is 0 Å². The Hall–Kier alpha value is -1.31. The Bertz CT molecular complexity index is 654. The zero-order valence-corrected chi connectivity index (χ0v) is 13.2. The molecule has 0 aliphatic heterocycles. The van der Waals surface area contributed by atoms with Crippen molar-refractivity contribution in [3.8, 4) is 0 Å². The van der Waals surface area contributed by atoms with Crippen LogP contribution in [0.3, 0.4) is 0 Å². The predicted molar refractivity (Wildman–Crippen MR) is 85.0 cm³/mol. The third kappa shape index (κ3) is 3.05. The minimum absolute atomic E-state index is 0.0332. The molecule has 0 aromatic heterocycles. The van der Waals surface area contributed by atoms with Crippen molar-refractivity contribution in [3.05, 3.63) is 69.2 Å². The van der Waals surface area contributed by atoms with Crippen molar-refractivity contribution in [1.82, 2.24) is 0 Å². The first kappa shape index (κ1) is 15.1. The van der Waals surface area contributed by atoms with Crippen LogP contribution in [-0.2, 0) is 5.41 Å². The van der Waals surface area contributed by atoms with E-state index in [4.69, 9.17) is 23.2 Å². The second-order valence-electron chi connectivity index (χ2n) is 5.75. The van der Waals surface area contributed by atoms with E-state index in [1.807, 2.05) is 24.3 Å². The summed E-state index contributed by atoms with van der Waals surface area (Å²) in [5.74, 6) is -0.0332. The topological polar surface area (TPSA) is 17.1 Å². The molecule has 0 aliphatic carbocycles.